The molecule has 0 aliphatic rings. The Morgan fingerprint density at radius 1 is 1.67 bits per heavy atom. The molecule has 1 heterocycles. The molecule has 1 aromatic heterocycles. The van der Waals surface area contributed by atoms with Crippen LogP contribution < -0.4 is 5.32 Å². The van der Waals surface area contributed by atoms with Crippen LogP contribution in [0.1, 0.15) is 25.6 Å². The SMILES string of the molecule is CCn1ncc(Cl)c1C(NC)C(C)OC. The molecule has 0 aliphatic carbocycles. The number of hydrogen-bond acceptors (Lipinski definition) is 3. The third-order valence-corrected chi connectivity index (χ3v) is 2.87. The van der Waals surface area contributed by atoms with Gasteiger partial charge in [0.05, 0.1) is 29.1 Å². The van der Waals surface area contributed by atoms with Crippen molar-refractivity contribution in [2.24, 2.45) is 0 Å². The fraction of sp³-hybridized carbons (Fsp3) is 0.700. The van der Waals surface area contributed by atoms with E-state index in [4.69, 9.17) is 16.3 Å². The maximum Gasteiger partial charge on any atom is 0.0835 e. The van der Waals surface area contributed by atoms with Gasteiger partial charge >= 0.3 is 0 Å². The molecule has 0 radical (unpaired) electrons. The lowest BCUT2D eigenvalue weighted by Crippen LogP contribution is -2.31. The Morgan fingerprint density at radius 3 is 2.80 bits per heavy atom. The summed E-state index contributed by atoms with van der Waals surface area (Å²) in [5.74, 6) is 0. The van der Waals surface area contributed by atoms with Gasteiger partial charge in [-0.2, -0.15) is 5.10 Å². The van der Waals surface area contributed by atoms with Crippen molar-refractivity contribution in [3.63, 3.8) is 0 Å². The van der Waals surface area contributed by atoms with E-state index < -0.39 is 0 Å². The molecule has 0 amide bonds. The summed E-state index contributed by atoms with van der Waals surface area (Å²) in [5, 5.41) is 8.09. The molecule has 1 N–H and O–H groups in total. The van der Waals surface area contributed by atoms with Crippen LogP contribution in [0.4, 0.5) is 0 Å². The Bertz CT molecular complexity index is 314. The lowest BCUT2D eigenvalue weighted by molar-refractivity contribution is 0.0827. The normalized spacial score (nSPS) is 15.3. The summed E-state index contributed by atoms with van der Waals surface area (Å²) in [6, 6.07) is 0.0601. The largest absolute Gasteiger partial charge is 0.380 e. The zero-order chi connectivity index (χ0) is 11.4. The van der Waals surface area contributed by atoms with E-state index >= 15 is 0 Å². The van der Waals surface area contributed by atoms with Gasteiger partial charge in [0.15, 0.2) is 0 Å². The van der Waals surface area contributed by atoms with Gasteiger partial charge in [0.2, 0.25) is 0 Å². The molecule has 0 spiro atoms. The molecule has 5 heteroatoms. The molecule has 0 aromatic carbocycles. The van der Waals surface area contributed by atoms with Crippen LogP contribution in [0.25, 0.3) is 0 Å². The number of nitrogens with one attached hydrogen (secondary N) is 1. The van der Waals surface area contributed by atoms with Crippen molar-refractivity contribution in [1.29, 1.82) is 0 Å². The first-order chi connectivity index (χ1) is 7.15. The van der Waals surface area contributed by atoms with Gasteiger partial charge in [0.25, 0.3) is 0 Å². The molecule has 0 saturated heterocycles. The minimum Gasteiger partial charge on any atom is -0.380 e. The van der Waals surface area contributed by atoms with Gasteiger partial charge < -0.3 is 10.1 Å². The first-order valence-electron chi connectivity index (χ1n) is 5.06. The number of methoxy groups -OCH3 is 1. The minimum absolute atomic E-state index is 0.0505. The molecular formula is C10H18ClN3O. The number of hydrogen-bond donors (Lipinski definition) is 1. The Balaban J connectivity index is 3.04. The third kappa shape index (κ3) is 2.51. The fourth-order valence-corrected chi connectivity index (χ4v) is 1.92. The van der Waals surface area contributed by atoms with E-state index in [-0.39, 0.29) is 12.1 Å². The summed E-state index contributed by atoms with van der Waals surface area (Å²) in [4.78, 5) is 0. The predicted molar refractivity (Wildman–Crippen MR) is 61.2 cm³/mol. The number of ether oxygens (including phenoxy) is 1. The standard InChI is InChI=1S/C10H18ClN3O/c1-5-14-10(8(11)6-13-14)9(12-3)7(2)15-4/h6-7,9,12H,5H2,1-4H3. The summed E-state index contributed by atoms with van der Waals surface area (Å²) in [5.41, 5.74) is 0.982. The number of halogens is 1. The molecule has 4 nitrogen and oxygen atoms in total. The van der Waals surface area contributed by atoms with Crippen LogP contribution in [-0.2, 0) is 11.3 Å². The maximum atomic E-state index is 6.12. The molecule has 1 aromatic rings. The molecule has 1 rings (SSSR count). The Kier molecular flexibility index (Phi) is 4.57. The summed E-state index contributed by atoms with van der Waals surface area (Å²) in [7, 11) is 3.58. The van der Waals surface area contributed by atoms with Gasteiger partial charge in [0.1, 0.15) is 0 Å². The van der Waals surface area contributed by atoms with Gasteiger partial charge in [0, 0.05) is 13.7 Å². The van der Waals surface area contributed by atoms with E-state index in [1.165, 1.54) is 0 Å². The average Bonchev–Trinajstić information content (AvgIpc) is 2.61. The van der Waals surface area contributed by atoms with Crippen LogP contribution >= 0.6 is 11.6 Å². The van der Waals surface area contributed by atoms with Crippen LogP contribution in [-0.4, -0.2) is 30.0 Å². The van der Waals surface area contributed by atoms with Crippen molar-refractivity contribution >= 4 is 11.6 Å². The Hall–Kier alpha value is -0.580. The number of rotatable bonds is 5. The summed E-state index contributed by atoms with van der Waals surface area (Å²) < 4.78 is 7.21. The number of aromatic nitrogens is 2. The fourth-order valence-electron chi connectivity index (χ4n) is 1.66. The average molecular weight is 232 g/mol. The highest BCUT2D eigenvalue weighted by molar-refractivity contribution is 6.31. The number of likely N-dealkylation sites (N-methyl/N-ethyl adjacent to an activating group) is 1. The second-order valence-electron chi connectivity index (χ2n) is 3.40. The molecule has 0 aliphatic heterocycles. The third-order valence-electron chi connectivity index (χ3n) is 2.58. The van der Waals surface area contributed by atoms with Crippen LogP contribution in [0.3, 0.4) is 0 Å². The van der Waals surface area contributed by atoms with Crippen molar-refractivity contribution in [1.82, 2.24) is 15.1 Å². The second kappa shape index (κ2) is 5.49. The van der Waals surface area contributed by atoms with Crippen LogP contribution in [0.15, 0.2) is 6.20 Å². The topological polar surface area (TPSA) is 39.1 Å². The van der Waals surface area contributed by atoms with Gasteiger partial charge in [-0.15, -0.1) is 0 Å². The van der Waals surface area contributed by atoms with Crippen LogP contribution in [0.2, 0.25) is 5.02 Å². The smallest absolute Gasteiger partial charge is 0.0835 e. The first kappa shape index (κ1) is 12.5. The van der Waals surface area contributed by atoms with Crippen molar-refractivity contribution in [3.8, 4) is 0 Å². The van der Waals surface area contributed by atoms with E-state index in [1.807, 2.05) is 25.6 Å². The molecular weight excluding hydrogens is 214 g/mol. The van der Waals surface area contributed by atoms with E-state index in [2.05, 4.69) is 10.4 Å². The van der Waals surface area contributed by atoms with Crippen molar-refractivity contribution < 1.29 is 4.74 Å². The van der Waals surface area contributed by atoms with Crippen molar-refractivity contribution in [2.45, 2.75) is 32.5 Å². The van der Waals surface area contributed by atoms with Crippen LogP contribution in [0, 0.1) is 0 Å². The van der Waals surface area contributed by atoms with Crippen molar-refractivity contribution in [3.05, 3.63) is 16.9 Å². The number of nitrogens with zero attached hydrogens (tertiary/aromatic N) is 2. The number of aryl methyl sites for hydroxylation is 1. The van der Waals surface area contributed by atoms with E-state index in [9.17, 15) is 0 Å². The Morgan fingerprint density at radius 2 is 2.33 bits per heavy atom. The second-order valence-corrected chi connectivity index (χ2v) is 3.81. The van der Waals surface area contributed by atoms with Gasteiger partial charge in [-0.1, -0.05) is 11.6 Å². The lowest BCUT2D eigenvalue weighted by atomic mass is 10.1. The zero-order valence-corrected chi connectivity index (χ0v) is 10.4. The van der Waals surface area contributed by atoms with Gasteiger partial charge in [-0.3, -0.25) is 4.68 Å². The van der Waals surface area contributed by atoms with E-state index in [1.54, 1.807) is 13.3 Å². The molecule has 15 heavy (non-hydrogen) atoms. The predicted octanol–water partition coefficient (Wildman–Crippen LogP) is 1.85. The molecule has 0 bridgehead atoms. The first-order valence-corrected chi connectivity index (χ1v) is 5.44. The highest BCUT2D eigenvalue weighted by Gasteiger charge is 2.23. The quantitative estimate of drug-likeness (QED) is 0.841. The molecule has 0 saturated carbocycles. The summed E-state index contributed by atoms with van der Waals surface area (Å²) in [6.45, 7) is 4.85. The molecule has 2 atom stereocenters. The summed E-state index contributed by atoms with van der Waals surface area (Å²) in [6.07, 6.45) is 1.72. The van der Waals surface area contributed by atoms with E-state index in [0.717, 1.165) is 12.2 Å². The minimum atomic E-state index is 0.0505. The molecule has 2 unspecified atom stereocenters. The monoisotopic (exact) mass is 231 g/mol. The van der Waals surface area contributed by atoms with Gasteiger partial charge in [-0.25, -0.2) is 0 Å². The van der Waals surface area contributed by atoms with Gasteiger partial charge in [-0.05, 0) is 20.9 Å². The lowest BCUT2D eigenvalue weighted by Gasteiger charge is -2.23. The highest BCUT2D eigenvalue weighted by atomic mass is 35.5. The van der Waals surface area contributed by atoms with E-state index in [0.29, 0.717) is 5.02 Å². The maximum absolute atomic E-state index is 6.12. The molecule has 0 fully saturated rings. The molecule has 86 valence electrons. The van der Waals surface area contributed by atoms with Crippen LogP contribution in [0.5, 0.6) is 0 Å². The zero-order valence-electron chi connectivity index (χ0n) is 9.62. The van der Waals surface area contributed by atoms with Crippen molar-refractivity contribution in [2.75, 3.05) is 14.2 Å². The highest BCUT2D eigenvalue weighted by Crippen LogP contribution is 2.25. The summed E-state index contributed by atoms with van der Waals surface area (Å²) >= 11 is 6.12. The Labute approximate surface area is 95.6 Å².